The molecule has 0 spiro atoms. The van der Waals surface area contributed by atoms with Crippen LogP contribution in [0.5, 0.6) is 0 Å². The minimum absolute atomic E-state index is 0.0660. The number of amides is 1. The minimum Gasteiger partial charge on any atom is -0.375 e. The van der Waals surface area contributed by atoms with Crippen molar-refractivity contribution in [1.29, 1.82) is 0 Å². The standard InChI is InChI=1S/C18H23N3O2/c1-3-17-16(18(22)20-9-10-23-14(2)12-20)11-19-21(17)13-15-7-5-4-6-8-15/h4-8,11,14H,3,9-10,12-13H2,1-2H3. The van der Waals surface area contributed by atoms with Crippen LogP contribution in [0.25, 0.3) is 0 Å². The van der Waals surface area contributed by atoms with Gasteiger partial charge in [0.2, 0.25) is 0 Å². The van der Waals surface area contributed by atoms with E-state index < -0.39 is 0 Å². The quantitative estimate of drug-likeness (QED) is 0.870. The topological polar surface area (TPSA) is 47.4 Å². The van der Waals surface area contributed by atoms with Crippen molar-refractivity contribution in [2.24, 2.45) is 0 Å². The van der Waals surface area contributed by atoms with E-state index in [4.69, 9.17) is 4.74 Å². The Bertz CT molecular complexity index is 666. The van der Waals surface area contributed by atoms with Crippen molar-refractivity contribution < 1.29 is 9.53 Å². The van der Waals surface area contributed by atoms with Gasteiger partial charge in [-0.25, -0.2) is 0 Å². The summed E-state index contributed by atoms with van der Waals surface area (Å²) >= 11 is 0. The Morgan fingerprint density at radius 3 is 2.83 bits per heavy atom. The Labute approximate surface area is 136 Å². The van der Waals surface area contributed by atoms with Crippen LogP contribution in [-0.2, 0) is 17.7 Å². The number of benzene rings is 1. The lowest BCUT2D eigenvalue weighted by Gasteiger charge is -2.31. The number of hydrogen-bond acceptors (Lipinski definition) is 3. The van der Waals surface area contributed by atoms with Crippen LogP contribution in [0.1, 0.15) is 35.5 Å². The highest BCUT2D eigenvalue weighted by Crippen LogP contribution is 2.16. The lowest BCUT2D eigenvalue weighted by atomic mass is 10.1. The predicted octanol–water partition coefficient (Wildman–Crippen LogP) is 2.35. The molecule has 1 aromatic carbocycles. The van der Waals surface area contributed by atoms with Crippen molar-refractivity contribution >= 4 is 5.91 Å². The van der Waals surface area contributed by atoms with Crippen LogP contribution in [-0.4, -0.2) is 46.4 Å². The molecule has 1 aliphatic rings. The molecule has 3 rings (SSSR count). The molecule has 5 heteroatoms. The molecule has 5 nitrogen and oxygen atoms in total. The number of hydrogen-bond donors (Lipinski definition) is 0. The summed E-state index contributed by atoms with van der Waals surface area (Å²) in [6.45, 7) is 6.65. The van der Waals surface area contributed by atoms with Gasteiger partial charge in [0.25, 0.3) is 5.91 Å². The van der Waals surface area contributed by atoms with Crippen LogP contribution in [0.15, 0.2) is 36.5 Å². The van der Waals surface area contributed by atoms with Crippen LogP contribution >= 0.6 is 0 Å². The Kier molecular flexibility index (Phi) is 4.76. The zero-order valence-corrected chi connectivity index (χ0v) is 13.7. The number of carbonyl (C=O) groups is 1. The van der Waals surface area contributed by atoms with Gasteiger partial charge in [0, 0.05) is 13.1 Å². The van der Waals surface area contributed by atoms with Crippen molar-refractivity contribution in [2.75, 3.05) is 19.7 Å². The molecule has 1 unspecified atom stereocenters. The van der Waals surface area contributed by atoms with E-state index in [0.717, 1.165) is 17.7 Å². The third-order valence-corrected chi connectivity index (χ3v) is 4.22. The van der Waals surface area contributed by atoms with E-state index in [1.54, 1.807) is 6.20 Å². The molecule has 1 atom stereocenters. The van der Waals surface area contributed by atoms with E-state index in [0.29, 0.717) is 26.2 Å². The second-order valence-electron chi connectivity index (χ2n) is 5.93. The number of morpholine rings is 1. The van der Waals surface area contributed by atoms with E-state index in [9.17, 15) is 4.79 Å². The number of aromatic nitrogens is 2. The fraction of sp³-hybridized carbons (Fsp3) is 0.444. The number of nitrogens with zero attached hydrogens (tertiary/aromatic N) is 3. The third-order valence-electron chi connectivity index (χ3n) is 4.22. The first-order valence-electron chi connectivity index (χ1n) is 8.18. The van der Waals surface area contributed by atoms with Gasteiger partial charge in [-0.3, -0.25) is 9.48 Å². The maximum absolute atomic E-state index is 12.8. The molecule has 0 aliphatic carbocycles. The van der Waals surface area contributed by atoms with Gasteiger partial charge in [0.1, 0.15) is 0 Å². The highest BCUT2D eigenvalue weighted by Gasteiger charge is 2.25. The summed E-state index contributed by atoms with van der Waals surface area (Å²) in [5, 5.41) is 4.46. The summed E-state index contributed by atoms with van der Waals surface area (Å²) < 4.78 is 7.46. The molecule has 1 aromatic heterocycles. The van der Waals surface area contributed by atoms with Gasteiger partial charge in [0.05, 0.1) is 36.7 Å². The minimum atomic E-state index is 0.0660. The molecule has 1 saturated heterocycles. The smallest absolute Gasteiger partial charge is 0.257 e. The zero-order chi connectivity index (χ0) is 16.2. The van der Waals surface area contributed by atoms with Gasteiger partial charge in [-0.05, 0) is 18.9 Å². The molecule has 23 heavy (non-hydrogen) atoms. The van der Waals surface area contributed by atoms with Gasteiger partial charge in [-0.2, -0.15) is 5.10 Å². The summed E-state index contributed by atoms with van der Waals surface area (Å²) in [5.74, 6) is 0.0660. The lowest BCUT2D eigenvalue weighted by molar-refractivity contribution is -0.0124. The Morgan fingerprint density at radius 1 is 1.35 bits per heavy atom. The second-order valence-corrected chi connectivity index (χ2v) is 5.93. The van der Waals surface area contributed by atoms with E-state index in [2.05, 4.69) is 24.2 Å². The second kappa shape index (κ2) is 6.96. The SMILES string of the molecule is CCc1c(C(=O)N2CCOC(C)C2)cnn1Cc1ccccc1. The van der Waals surface area contributed by atoms with Gasteiger partial charge in [-0.1, -0.05) is 37.3 Å². The van der Waals surface area contributed by atoms with Crippen LogP contribution in [0.2, 0.25) is 0 Å². The van der Waals surface area contributed by atoms with Gasteiger partial charge >= 0.3 is 0 Å². The van der Waals surface area contributed by atoms with E-state index in [1.807, 2.05) is 34.7 Å². The molecule has 0 saturated carbocycles. The normalized spacial score (nSPS) is 18.2. The number of rotatable bonds is 4. The first kappa shape index (κ1) is 15.7. The summed E-state index contributed by atoms with van der Waals surface area (Å²) in [4.78, 5) is 14.7. The maximum atomic E-state index is 12.8. The van der Waals surface area contributed by atoms with Gasteiger partial charge in [-0.15, -0.1) is 0 Å². The van der Waals surface area contributed by atoms with Crippen LogP contribution in [0, 0.1) is 0 Å². The monoisotopic (exact) mass is 313 g/mol. The number of ether oxygens (including phenoxy) is 1. The fourth-order valence-electron chi connectivity index (χ4n) is 3.03. The molecule has 0 N–H and O–H groups in total. The molecule has 0 radical (unpaired) electrons. The molecule has 1 amide bonds. The molecule has 122 valence electrons. The maximum Gasteiger partial charge on any atom is 0.257 e. The molecule has 2 heterocycles. The summed E-state index contributed by atoms with van der Waals surface area (Å²) in [6.07, 6.45) is 2.59. The third kappa shape index (κ3) is 3.45. The molecular weight excluding hydrogens is 290 g/mol. The van der Waals surface area contributed by atoms with Crippen molar-refractivity contribution in [2.45, 2.75) is 32.9 Å². The summed E-state index contributed by atoms with van der Waals surface area (Å²) in [7, 11) is 0. The van der Waals surface area contributed by atoms with Gasteiger partial charge < -0.3 is 9.64 Å². The first-order valence-corrected chi connectivity index (χ1v) is 8.18. The average Bonchev–Trinajstić information content (AvgIpc) is 2.97. The van der Waals surface area contributed by atoms with Crippen molar-refractivity contribution in [3.05, 3.63) is 53.3 Å². The molecule has 1 aliphatic heterocycles. The molecule has 0 bridgehead atoms. The van der Waals surface area contributed by atoms with E-state index >= 15 is 0 Å². The average molecular weight is 313 g/mol. The zero-order valence-electron chi connectivity index (χ0n) is 13.7. The Morgan fingerprint density at radius 2 is 2.13 bits per heavy atom. The number of carbonyl (C=O) groups excluding carboxylic acids is 1. The van der Waals surface area contributed by atoms with Crippen molar-refractivity contribution in [3.8, 4) is 0 Å². The van der Waals surface area contributed by atoms with Gasteiger partial charge in [0.15, 0.2) is 0 Å². The highest BCUT2D eigenvalue weighted by atomic mass is 16.5. The first-order chi connectivity index (χ1) is 11.2. The highest BCUT2D eigenvalue weighted by molar-refractivity contribution is 5.95. The van der Waals surface area contributed by atoms with Crippen molar-refractivity contribution in [3.63, 3.8) is 0 Å². The van der Waals surface area contributed by atoms with E-state index in [1.165, 1.54) is 5.56 Å². The summed E-state index contributed by atoms with van der Waals surface area (Å²) in [5.41, 5.74) is 2.90. The van der Waals surface area contributed by atoms with Crippen molar-refractivity contribution in [1.82, 2.24) is 14.7 Å². The fourth-order valence-corrected chi connectivity index (χ4v) is 3.03. The predicted molar refractivity (Wildman–Crippen MR) is 88.5 cm³/mol. The molecule has 2 aromatic rings. The van der Waals surface area contributed by atoms with Crippen LogP contribution in [0.3, 0.4) is 0 Å². The Hall–Kier alpha value is -2.14. The molecular formula is C18H23N3O2. The van der Waals surface area contributed by atoms with Crippen LogP contribution < -0.4 is 0 Å². The van der Waals surface area contributed by atoms with Crippen LogP contribution in [0.4, 0.5) is 0 Å². The largest absolute Gasteiger partial charge is 0.375 e. The Balaban J connectivity index is 1.81. The lowest BCUT2D eigenvalue weighted by Crippen LogP contribution is -2.44. The molecule has 1 fully saturated rings. The summed E-state index contributed by atoms with van der Waals surface area (Å²) in [6, 6.07) is 10.2. The van der Waals surface area contributed by atoms with E-state index in [-0.39, 0.29) is 12.0 Å².